The number of carbonyl (C=O) groups excluding carboxylic acids is 1. The highest BCUT2D eigenvalue weighted by Gasteiger charge is 2.04. The molecule has 0 aromatic heterocycles. The van der Waals surface area contributed by atoms with E-state index in [4.69, 9.17) is 21.1 Å². The predicted octanol–water partition coefficient (Wildman–Crippen LogP) is 3.13. The lowest BCUT2D eigenvalue weighted by Gasteiger charge is -2.10. The number of halogens is 1. The molecule has 0 bridgehead atoms. The molecule has 24 heavy (non-hydrogen) atoms. The minimum atomic E-state index is -0.0737. The first kappa shape index (κ1) is 17.9. The van der Waals surface area contributed by atoms with Crippen molar-refractivity contribution in [2.45, 2.75) is 6.42 Å². The van der Waals surface area contributed by atoms with Gasteiger partial charge in [0, 0.05) is 12.2 Å². The summed E-state index contributed by atoms with van der Waals surface area (Å²) in [5, 5.41) is 6.41. The van der Waals surface area contributed by atoms with Gasteiger partial charge < -0.3 is 20.1 Å². The fourth-order valence-corrected chi connectivity index (χ4v) is 2.42. The van der Waals surface area contributed by atoms with Crippen LogP contribution in [-0.2, 0) is 11.2 Å². The Balaban J connectivity index is 1.72. The number of ether oxygens (including phenoxy) is 2. The molecule has 0 aliphatic heterocycles. The molecule has 2 N–H and O–H groups in total. The highest BCUT2D eigenvalue weighted by molar-refractivity contribution is 6.32. The van der Waals surface area contributed by atoms with Gasteiger partial charge in [-0.15, -0.1) is 0 Å². The molecule has 5 nitrogen and oxygen atoms in total. The summed E-state index contributed by atoms with van der Waals surface area (Å²) < 4.78 is 10.2. The van der Waals surface area contributed by atoms with Crippen molar-refractivity contribution in [3.05, 3.63) is 53.1 Å². The molecule has 2 aromatic rings. The van der Waals surface area contributed by atoms with Crippen molar-refractivity contribution < 1.29 is 14.3 Å². The van der Waals surface area contributed by atoms with Crippen LogP contribution < -0.4 is 20.1 Å². The number of hydrogen-bond donors (Lipinski definition) is 2. The Morgan fingerprint density at radius 3 is 2.46 bits per heavy atom. The van der Waals surface area contributed by atoms with Crippen molar-refractivity contribution in [2.24, 2.45) is 0 Å². The van der Waals surface area contributed by atoms with Crippen molar-refractivity contribution in [3.63, 3.8) is 0 Å². The third kappa shape index (κ3) is 5.35. The highest BCUT2D eigenvalue weighted by Crippen LogP contribution is 2.26. The first-order valence-corrected chi connectivity index (χ1v) is 7.97. The normalized spacial score (nSPS) is 10.1. The maximum absolute atomic E-state index is 11.9. The van der Waals surface area contributed by atoms with Gasteiger partial charge in [-0.1, -0.05) is 23.7 Å². The highest BCUT2D eigenvalue weighted by atomic mass is 35.5. The van der Waals surface area contributed by atoms with Crippen molar-refractivity contribution in [3.8, 4) is 11.5 Å². The summed E-state index contributed by atoms with van der Waals surface area (Å²) in [7, 11) is 3.20. The number of anilines is 1. The molecule has 0 fully saturated rings. The molecule has 1 amide bonds. The standard InChI is InChI=1S/C18H21ClN2O3/c1-23-15-6-3-13(4-7-15)9-10-20-18(22)12-21-14-5-8-17(24-2)16(19)11-14/h3-8,11,21H,9-10,12H2,1-2H3,(H,20,22). The number of nitrogens with one attached hydrogen (secondary N) is 2. The van der Waals surface area contributed by atoms with E-state index in [0.29, 0.717) is 17.3 Å². The maximum atomic E-state index is 11.9. The van der Waals surface area contributed by atoms with Gasteiger partial charge in [-0.25, -0.2) is 0 Å². The van der Waals surface area contributed by atoms with E-state index in [1.807, 2.05) is 30.3 Å². The molecule has 0 heterocycles. The van der Waals surface area contributed by atoms with Gasteiger partial charge in [0.1, 0.15) is 11.5 Å². The minimum Gasteiger partial charge on any atom is -0.497 e. The largest absolute Gasteiger partial charge is 0.497 e. The summed E-state index contributed by atoms with van der Waals surface area (Å²) in [5.74, 6) is 1.35. The zero-order valence-corrected chi connectivity index (χ0v) is 14.5. The molecule has 128 valence electrons. The maximum Gasteiger partial charge on any atom is 0.239 e. The van der Waals surface area contributed by atoms with E-state index in [1.165, 1.54) is 0 Å². The molecule has 0 saturated heterocycles. The molecule has 0 aliphatic rings. The Labute approximate surface area is 146 Å². The summed E-state index contributed by atoms with van der Waals surface area (Å²) in [6.07, 6.45) is 0.768. The zero-order chi connectivity index (χ0) is 17.4. The van der Waals surface area contributed by atoms with Gasteiger partial charge in [0.05, 0.1) is 25.8 Å². The van der Waals surface area contributed by atoms with E-state index in [1.54, 1.807) is 26.4 Å². The first-order valence-electron chi connectivity index (χ1n) is 7.59. The molecule has 0 spiro atoms. The molecule has 0 unspecified atom stereocenters. The Morgan fingerprint density at radius 1 is 1.08 bits per heavy atom. The Bertz CT molecular complexity index is 674. The summed E-state index contributed by atoms with van der Waals surface area (Å²) in [6.45, 7) is 0.765. The topological polar surface area (TPSA) is 59.6 Å². The van der Waals surface area contributed by atoms with Crippen LogP contribution in [0.5, 0.6) is 11.5 Å². The second kappa shape index (κ2) is 9.03. The number of amides is 1. The van der Waals surface area contributed by atoms with Gasteiger partial charge in [-0.05, 0) is 42.3 Å². The molecule has 0 aliphatic carbocycles. The monoisotopic (exact) mass is 348 g/mol. The van der Waals surface area contributed by atoms with Crippen molar-refractivity contribution in [1.29, 1.82) is 0 Å². The zero-order valence-electron chi connectivity index (χ0n) is 13.8. The van der Waals surface area contributed by atoms with E-state index in [9.17, 15) is 4.79 Å². The van der Waals surface area contributed by atoms with Crippen molar-refractivity contribution >= 4 is 23.2 Å². The van der Waals surface area contributed by atoms with Gasteiger partial charge in [0.15, 0.2) is 0 Å². The number of rotatable bonds is 8. The average Bonchev–Trinajstić information content (AvgIpc) is 2.60. The van der Waals surface area contributed by atoms with Crippen LogP contribution in [0.1, 0.15) is 5.56 Å². The smallest absolute Gasteiger partial charge is 0.239 e. The van der Waals surface area contributed by atoms with E-state index >= 15 is 0 Å². The lowest BCUT2D eigenvalue weighted by atomic mass is 10.1. The van der Waals surface area contributed by atoms with Crippen LogP contribution in [0.25, 0.3) is 0 Å². The number of carbonyl (C=O) groups is 1. The summed E-state index contributed by atoms with van der Waals surface area (Å²) in [4.78, 5) is 11.9. The van der Waals surface area contributed by atoms with Gasteiger partial charge in [0.25, 0.3) is 0 Å². The SMILES string of the molecule is COc1ccc(CCNC(=O)CNc2ccc(OC)c(Cl)c2)cc1. The summed E-state index contributed by atoms with van der Waals surface area (Å²) in [6, 6.07) is 13.1. The van der Waals surface area contributed by atoms with Gasteiger partial charge >= 0.3 is 0 Å². The van der Waals surface area contributed by atoms with Crippen LogP contribution in [0.15, 0.2) is 42.5 Å². The van der Waals surface area contributed by atoms with Gasteiger partial charge in [-0.3, -0.25) is 4.79 Å². The third-order valence-corrected chi connectivity index (χ3v) is 3.80. The second-order valence-corrected chi connectivity index (χ2v) is 5.56. The molecular weight excluding hydrogens is 328 g/mol. The third-order valence-electron chi connectivity index (χ3n) is 3.50. The molecular formula is C18H21ClN2O3. The van der Waals surface area contributed by atoms with Crippen molar-refractivity contribution in [2.75, 3.05) is 32.6 Å². The van der Waals surface area contributed by atoms with Crippen LogP contribution in [0, 0.1) is 0 Å². The lowest BCUT2D eigenvalue weighted by Crippen LogP contribution is -2.31. The van der Waals surface area contributed by atoms with Crippen LogP contribution in [0.4, 0.5) is 5.69 Å². The second-order valence-electron chi connectivity index (χ2n) is 5.15. The fraction of sp³-hybridized carbons (Fsp3) is 0.278. The summed E-state index contributed by atoms with van der Waals surface area (Å²) in [5.41, 5.74) is 1.91. The molecule has 0 atom stereocenters. The van der Waals surface area contributed by atoms with Crippen molar-refractivity contribution in [1.82, 2.24) is 5.32 Å². The predicted molar refractivity (Wildman–Crippen MR) is 96.2 cm³/mol. The Kier molecular flexibility index (Phi) is 6.75. The molecule has 0 saturated carbocycles. The van der Waals surface area contributed by atoms with E-state index in [-0.39, 0.29) is 12.5 Å². The number of methoxy groups -OCH3 is 2. The molecule has 2 rings (SSSR count). The Morgan fingerprint density at radius 2 is 1.83 bits per heavy atom. The van der Waals surface area contributed by atoms with E-state index < -0.39 is 0 Å². The molecule has 2 aromatic carbocycles. The molecule has 6 heteroatoms. The Hall–Kier alpha value is -2.40. The summed E-state index contributed by atoms with van der Waals surface area (Å²) >= 11 is 6.04. The number of benzene rings is 2. The van der Waals surface area contributed by atoms with Gasteiger partial charge in [0.2, 0.25) is 5.91 Å². The van der Waals surface area contributed by atoms with E-state index in [2.05, 4.69) is 10.6 Å². The molecule has 0 radical (unpaired) electrons. The minimum absolute atomic E-state index is 0.0737. The fourth-order valence-electron chi connectivity index (χ4n) is 2.16. The van der Waals surface area contributed by atoms with E-state index in [0.717, 1.165) is 23.4 Å². The van der Waals surface area contributed by atoms with Crippen LogP contribution in [0.3, 0.4) is 0 Å². The van der Waals surface area contributed by atoms with Crippen LogP contribution in [0.2, 0.25) is 5.02 Å². The number of hydrogen-bond acceptors (Lipinski definition) is 4. The van der Waals surface area contributed by atoms with Gasteiger partial charge in [-0.2, -0.15) is 0 Å². The quantitative estimate of drug-likeness (QED) is 0.769. The van der Waals surface area contributed by atoms with Crippen LogP contribution in [-0.4, -0.2) is 33.2 Å². The lowest BCUT2D eigenvalue weighted by molar-refractivity contribution is -0.119. The average molecular weight is 349 g/mol. The first-order chi connectivity index (χ1) is 11.6. The van der Waals surface area contributed by atoms with Crippen LogP contribution >= 0.6 is 11.6 Å².